The molecule has 0 aromatic heterocycles. The predicted octanol–water partition coefficient (Wildman–Crippen LogP) is 2.82. The zero-order valence-corrected chi connectivity index (χ0v) is 11.0. The number of hydrogen-bond donors (Lipinski definition) is 1. The van der Waals surface area contributed by atoms with Gasteiger partial charge in [0.05, 0.1) is 15.7 Å². The third-order valence-electron chi connectivity index (χ3n) is 3.32. The number of rotatable bonds is 1. The summed E-state index contributed by atoms with van der Waals surface area (Å²) in [6, 6.07) is 5.81. The second-order valence-corrected chi connectivity index (χ2v) is 5.32. The van der Waals surface area contributed by atoms with E-state index < -0.39 is 0 Å². The molecule has 0 atom stereocenters. The molecule has 3 rings (SSSR count). The molecule has 16 heavy (non-hydrogen) atoms. The molecule has 5 heteroatoms. The smallest absolute Gasteiger partial charge is 0.0825 e. The zero-order chi connectivity index (χ0) is 10.5. The van der Waals surface area contributed by atoms with Gasteiger partial charge in [0.1, 0.15) is 0 Å². The Labute approximate surface area is 111 Å². The van der Waals surface area contributed by atoms with Gasteiger partial charge in [0.15, 0.2) is 0 Å². The SMILES string of the molecule is Cl.Clc1cccc(N2CC3(CNC3)C2)c1Cl. The van der Waals surface area contributed by atoms with Gasteiger partial charge in [-0.15, -0.1) is 12.4 Å². The minimum absolute atomic E-state index is 0. The van der Waals surface area contributed by atoms with Crippen molar-refractivity contribution in [2.75, 3.05) is 31.1 Å². The second kappa shape index (κ2) is 4.26. The van der Waals surface area contributed by atoms with E-state index in [-0.39, 0.29) is 12.4 Å². The molecule has 0 unspecified atom stereocenters. The first-order chi connectivity index (χ1) is 7.20. The van der Waals surface area contributed by atoms with E-state index >= 15 is 0 Å². The van der Waals surface area contributed by atoms with Crippen LogP contribution in [0.1, 0.15) is 0 Å². The number of anilines is 1. The standard InChI is InChI=1S/C11H12Cl2N2.ClH/c12-8-2-1-3-9(10(8)13)15-6-11(7-15)4-14-5-11;/h1-3,14H,4-7H2;1H. The van der Waals surface area contributed by atoms with Gasteiger partial charge in [0.2, 0.25) is 0 Å². The van der Waals surface area contributed by atoms with E-state index in [1.165, 1.54) is 0 Å². The van der Waals surface area contributed by atoms with E-state index in [2.05, 4.69) is 10.2 Å². The highest BCUT2D eigenvalue weighted by Crippen LogP contribution is 2.41. The van der Waals surface area contributed by atoms with Gasteiger partial charge in [0.25, 0.3) is 0 Å². The maximum Gasteiger partial charge on any atom is 0.0825 e. The van der Waals surface area contributed by atoms with Crippen molar-refractivity contribution in [1.29, 1.82) is 0 Å². The van der Waals surface area contributed by atoms with Crippen molar-refractivity contribution in [2.24, 2.45) is 5.41 Å². The van der Waals surface area contributed by atoms with Crippen molar-refractivity contribution in [3.8, 4) is 0 Å². The first-order valence-corrected chi connectivity index (χ1v) is 5.86. The summed E-state index contributed by atoms with van der Waals surface area (Å²) in [5, 5.41) is 4.64. The molecule has 2 heterocycles. The van der Waals surface area contributed by atoms with Crippen LogP contribution in [0.2, 0.25) is 10.0 Å². The lowest BCUT2D eigenvalue weighted by Crippen LogP contribution is -2.71. The summed E-state index contributed by atoms with van der Waals surface area (Å²) in [5.74, 6) is 0. The molecule has 0 aliphatic carbocycles. The molecule has 2 aliphatic heterocycles. The summed E-state index contributed by atoms with van der Waals surface area (Å²) in [4.78, 5) is 2.30. The maximum atomic E-state index is 6.17. The van der Waals surface area contributed by atoms with Crippen LogP contribution < -0.4 is 10.2 Å². The Bertz CT molecular complexity index is 396. The summed E-state index contributed by atoms with van der Waals surface area (Å²) >= 11 is 12.2. The summed E-state index contributed by atoms with van der Waals surface area (Å²) in [6.07, 6.45) is 0. The van der Waals surface area contributed by atoms with Gasteiger partial charge < -0.3 is 10.2 Å². The molecule has 1 aromatic rings. The van der Waals surface area contributed by atoms with Crippen LogP contribution in [0.25, 0.3) is 0 Å². The van der Waals surface area contributed by atoms with Gasteiger partial charge in [-0.05, 0) is 12.1 Å². The molecule has 2 fully saturated rings. The predicted molar refractivity (Wildman–Crippen MR) is 71.2 cm³/mol. The Morgan fingerprint density at radius 3 is 2.44 bits per heavy atom. The van der Waals surface area contributed by atoms with Crippen molar-refractivity contribution in [1.82, 2.24) is 5.32 Å². The topological polar surface area (TPSA) is 15.3 Å². The molecule has 1 spiro atoms. The molecular weight excluding hydrogens is 266 g/mol. The average Bonchev–Trinajstić information content (AvgIpc) is 2.07. The molecule has 1 aromatic carbocycles. The van der Waals surface area contributed by atoms with E-state index in [0.717, 1.165) is 31.9 Å². The minimum atomic E-state index is 0. The summed E-state index contributed by atoms with van der Waals surface area (Å²) in [5.41, 5.74) is 1.59. The number of nitrogens with zero attached hydrogens (tertiary/aromatic N) is 1. The summed E-state index contributed by atoms with van der Waals surface area (Å²) in [7, 11) is 0. The highest BCUT2D eigenvalue weighted by Gasteiger charge is 2.47. The lowest BCUT2D eigenvalue weighted by molar-refractivity contribution is 0.121. The van der Waals surface area contributed by atoms with Gasteiger partial charge in [-0.2, -0.15) is 0 Å². The number of halogens is 3. The molecule has 0 bridgehead atoms. The van der Waals surface area contributed by atoms with Gasteiger partial charge in [-0.1, -0.05) is 29.3 Å². The Hall–Kier alpha value is -0.150. The molecule has 0 saturated carbocycles. The van der Waals surface area contributed by atoms with Crippen LogP contribution in [0.3, 0.4) is 0 Å². The molecule has 2 aliphatic rings. The van der Waals surface area contributed by atoms with E-state index in [1.54, 1.807) is 0 Å². The third-order valence-corrected chi connectivity index (χ3v) is 4.13. The van der Waals surface area contributed by atoms with Crippen LogP contribution in [0.5, 0.6) is 0 Å². The van der Waals surface area contributed by atoms with Gasteiger partial charge in [-0.25, -0.2) is 0 Å². The Morgan fingerprint density at radius 2 is 1.88 bits per heavy atom. The van der Waals surface area contributed by atoms with Crippen molar-refractivity contribution >= 4 is 41.3 Å². The van der Waals surface area contributed by atoms with Crippen molar-refractivity contribution in [3.05, 3.63) is 28.2 Å². The fourth-order valence-corrected chi connectivity index (χ4v) is 2.79. The van der Waals surface area contributed by atoms with Crippen LogP contribution >= 0.6 is 35.6 Å². The highest BCUT2D eigenvalue weighted by molar-refractivity contribution is 6.43. The lowest BCUT2D eigenvalue weighted by Gasteiger charge is -2.57. The Balaban J connectivity index is 0.000000963. The Morgan fingerprint density at radius 1 is 1.19 bits per heavy atom. The highest BCUT2D eigenvalue weighted by atomic mass is 35.5. The summed E-state index contributed by atoms with van der Waals surface area (Å²) in [6.45, 7) is 4.48. The van der Waals surface area contributed by atoms with Crippen molar-refractivity contribution < 1.29 is 0 Å². The molecule has 2 nitrogen and oxygen atoms in total. The fourth-order valence-electron chi connectivity index (χ4n) is 2.37. The monoisotopic (exact) mass is 278 g/mol. The zero-order valence-electron chi connectivity index (χ0n) is 8.67. The minimum Gasteiger partial charge on any atom is -0.369 e. The van der Waals surface area contributed by atoms with Crippen molar-refractivity contribution in [2.45, 2.75) is 0 Å². The van der Waals surface area contributed by atoms with Gasteiger partial charge in [0, 0.05) is 31.6 Å². The maximum absolute atomic E-state index is 6.17. The number of nitrogens with one attached hydrogen (secondary N) is 1. The number of hydrogen-bond acceptors (Lipinski definition) is 2. The van der Waals surface area contributed by atoms with Crippen LogP contribution in [-0.2, 0) is 0 Å². The van der Waals surface area contributed by atoms with Gasteiger partial charge in [-0.3, -0.25) is 0 Å². The van der Waals surface area contributed by atoms with E-state index in [1.807, 2.05) is 18.2 Å². The lowest BCUT2D eigenvalue weighted by atomic mass is 9.74. The van der Waals surface area contributed by atoms with Crippen LogP contribution in [-0.4, -0.2) is 26.2 Å². The first-order valence-electron chi connectivity index (χ1n) is 5.10. The molecule has 88 valence electrons. The van der Waals surface area contributed by atoms with E-state index in [0.29, 0.717) is 15.5 Å². The molecule has 1 N–H and O–H groups in total. The molecule has 2 saturated heterocycles. The normalized spacial score (nSPS) is 21.0. The average molecular weight is 280 g/mol. The van der Waals surface area contributed by atoms with Gasteiger partial charge >= 0.3 is 0 Å². The summed E-state index contributed by atoms with van der Waals surface area (Å²) < 4.78 is 0. The van der Waals surface area contributed by atoms with E-state index in [9.17, 15) is 0 Å². The third kappa shape index (κ3) is 1.78. The van der Waals surface area contributed by atoms with Crippen LogP contribution in [0.4, 0.5) is 5.69 Å². The Kier molecular flexibility index (Phi) is 3.28. The van der Waals surface area contributed by atoms with Crippen LogP contribution in [0, 0.1) is 5.41 Å². The molecular formula is C11H13Cl3N2. The quantitative estimate of drug-likeness (QED) is 0.850. The fraction of sp³-hybridized carbons (Fsp3) is 0.455. The van der Waals surface area contributed by atoms with E-state index in [4.69, 9.17) is 23.2 Å². The molecule has 0 radical (unpaired) electrons. The number of benzene rings is 1. The van der Waals surface area contributed by atoms with Crippen LogP contribution in [0.15, 0.2) is 18.2 Å². The second-order valence-electron chi connectivity index (χ2n) is 4.53. The largest absolute Gasteiger partial charge is 0.369 e. The first kappa shape index (κ1) is 12.3. The van der Waals surface area contributed by atoms with Crippen molar-refractivity contribution in [3.63, 3.8) is 0 Å². The molecule has 0 amide bonds.